The number of nitrogens with one attached hydrogen (secondary N) is 2. The van der Waals surface area contributed by atoms with E-state index in [4.69, 9.17) is 0 Å². The molecule has 5 nitrogen and oxygen atoms in total. The van der Waals surface area contributed by atoms with Crippen molar-refractivity contribution in [3.63, 3.8) is 0 Å². The number of rotatable bonds is 6. The molecule has 1 fully saturated rings. The van der Waals surface area contributed by atoms with Crippen LogP contribution in [0.5, 0.6) is 0 Å². The van der Waals surface area contributed by atoms with Crippen molar-refractivity contribution in [1.82, 2.24) is 5.32 Å². The van der Waals surface area contributed by atoms with Gasteiger partial charge < -0.3 is 15.7 Å². The van der Waals surface area contributed by atoms with E-state index in [0.717, 1.165) is 11.6 Å². The number of halogens is 2. The van der Waals surface area contributed by atoms with Gasteiger partial charge in [0.15, 0.2) is 0 Å². The van der Waals surface area contributed by atoms with Crippen LogP contribution in [0.1, 0.15) is 31.2 Å². The predicted molar refractivity (Wildman–Crippen MR) is 90.3 cm³/mol. The summed E-state index contributed by atoms with van der Waals surface area (Å²) in [6.07, 6.45) is 0.472. The number of aliphatic hydroxyl groups is 1. The van der Waals surface area contributed by atoms with E-state index in [9.17, 15) is 23.5 Å². The minimum Gasteiger partial charge on any atom is -0.388 e. The number of hydrogen-bond acceptors (Lipinski definition) is 3. The van der Waals surface area contributed by atoms with Crippen molar-refractivity contribution in [3.8, 4) is 0 Å². The third kappa shape index (κ3) is 5.94. The van der Waals surface area contributed by atoms with Crippen molar-refractivity contribution < 1.29 is 23.5 Å². The fourth-order valence-corrected chi connectivity index (χ4v) is 2.67. The Morgan fingerprint density at radius 3 is 2.32 bits per heavy atom. The number of hydrogen-bond donors (Lipinski definition) is 3. The first-order valence-corrected chi connectivity index (χ1v) is 8.11. The Hall–Kier alpha value is -2.28. The van der Waals surface area contributed by atoms with Gasteiger partial charge in [-0.05, 0) is 36.6 Å². The van der Waals surface area contributed by atoms with Gasteiger partial charge in [0, 0.05) is 25.1 Å². The molecular weight excluding hydrogens is 330 g/mol. The molecule has 25 heavy (non-hydrogen) atoms. The summed E-state index contributed by atoms with van der Waals surface area (Å²) >= 11 is 0. The van der Waals surface area contributed by atoms with Crippen LogP contribution in [0.3, 0.4) is 0 Å². The number of alkyl halides is 2. The fraction of sp³-hybridized carbons (Fsp3) is 0.444. The monoisotopic (exact) mass is 352 g/mol. The Morgan fingerprint density at radius 1 is 1.16 bits per heavy atom. The first-order valence-electron chi connectivity index (χ1n) is 8.11. The van der Waals surface area contributed by atoms with E-state index < -0.39 is 11.5 Å². The SMILES string of the molecule is C=CC(=O)Nc1ccc(CC(=O)NCC2(O)CCC(F)(F)CC2)cc1. The van der Waals surface area contributed by atoms with Crippen LogP contribution in [0.15, 0.2) is 36.9 Å². The Kier molecular flexibility index (Phi) is 5.89. The molecule has 0 saturated heterocycles. The average molecular weight is 352 g/mol. The quantitative estimate of drug-likeness (QED) is 0.688. The highest BCUT2D eigenvalue weighted by Crippen LogP contribution is 2.38. The third-order valence-corrected chi connectivity index (χ3v) is 4.30. The summed E-state index contributed by atoms with van der Waals surface area (Å²) in [5.41, 5.74) is 0.0543. The highest BCUT2D eigenvalue weighted by Gasteiger charge is 2.42. The van der Waals surface area contributed by atoms with Crippen LogP contribution < -0.4 is 10.6 Å². The lowest BCUT2D eigenvalue weighted by Gasteiger charge is -2.35. The van der Waals surface area contributed by atoms with Crippen molar-refractivity contribution >= 4 is 17.5 Å². The molecule has 0 bridgehead atoms. The zero-order valence-electron chi connectivity index (χ0n) is 13.9. The van der Waals surface area contributed by atoms with Crippen molar-refractivity contribution in [1.29, 1.82) is 0 Å². The van der Waals surface area contributed by atoms with Gasteiger partial charge in [-0.15, -0.1) is 0 Å². The van der Waals surface area contributed by atoms with Gasteiger partial charge in [-0.1, -0.05) is 18.7 Å². The molecule has 0 aliphatic heterocycles. The number of carbonyl (C=O) groups excluding carboxylic acids is 2. The van der Waals surface area contributed by atoms with Crippen LogP contribution in [0.2, 0.25) is 0 Å². The van der Waals surface area contributed by atoms with Crippen LogP contribution in [0.25, 0.3) is 0 Å². The minimum atomic E-state index is -2.72. The summed E-state index contributed by atoms with van der Waals surface area (Å²) in [5.74, 6) is -3.34. The highest BCUT2D eigenvalue weighted by atomic mass is 19.3. The molecule has 3 N–H and O–H groups in total. The van der Waals surface area contributed by atoms with E-state index in [1.165, 1.54) is 0 Å². The summed E-state index contributed by atoms with van der Waals surface area (Å²) in [7, 11) is 0. The molecule has 1 aromatic rings. The lowest BCUT2D eigenvalue weighted by Crippen LogP contribution is -2.47. The van der Waals surface area contributed by atoms with Crippen LogP contribution in [0, 0.1) is 0 Å². The van der Waals surface area contributed by atoms with Crippen LogP contribution >= 0.6 is 0 Å². The summed E-state index contributed by atoms with van der Waals surface area (Å²) < 4.78 is 26.3. The van der Waals surface area contributed by atoms with Crippen LogP contribution in [0.4, 0.5) is 14.5 Å². The fourth-order valence-electron chi connectivity index (χ4n) is 2.67. The van der Waals surface area contributed by atoms with Gasteiger partial charge in [0.2, 0.25) is 17.7 Å². The Labute approximate surface area is 145 Å². The molecule has 136 valence electrons. The first-order chi connectivity index (χ1) is 11.7. The second-order valence-electron chi connectivity index (χ2n) is 6.42. The summed E-state index contributed by atoms with van der Waals surface area (Å²) in [4.78, 5) is 23.2. The van der Waals surface area contributed by atoms with Crippen LogP contribution in [-0.4, -0.2) is 35.0 Å². The van der Waals surface area contributed by atoms with E-state index in [-0.39, 0.29) is 50.5 Å². The van der Waals surface area contributed by atoms with Gasteiger partial charge in [-0.3, -0.25) is 9.59 Å². The molecule has 0 unspecified atom stereocenters. The average Bonchev–Trinajstić information content (AvgIpc) is 2.58. The molecule has 1 aliphatic carbocycles. The minimum absolute atomic E-state index is 0.0298. The highest BCUT2D eigenvalue weighted by molar-refractivity contribution is 5.98. The van der Waals surface area contributed by atoms with E-state index in [2.05, 4.69) is 17.2 Å². The Bertz CT molecular complexity index is 634. The number of anilines is 1. The molecular formula is C18H22F2N2O3. The second-order valence-corrected chi connectivity index (χ2v) is 6.42. The van der Waals surface area contributed by atoms with Crippen molar-refractivity contribution in [2.45, 2.75) is 43.6 Å². The molecule has 1 saturated carbocycles. The maximum absolute atomic E-state index is 13.1. The van der Waals surface area contributed by atoms with Gasteiger partial charge in [-0.2, -0.15) is 0 Å². The Balaban J connectivity index is 1.80. The molecule has 7 heteroatoms. The van der Waals surface area contributed by atoms with E-state index in [1.54, 1.807) is 24.3 Å². The second kappa shape index (κ2) is 7.74. The van der Waals surface area contributed by atoms with Crippen molar-refractivity contribution in [2.24, 2.45) is 0 Å². The maximum Gasteiger partial charge on any atom is 0.248 e. The normalized spacial score (nSPS) is 18.2. The summed E-state index contributed by atoms with van der Waals surface area (Å²) in [5, 5.41) is 15.5. The number of benzene rings is 1. The Morgan fingerprint density at radius 2 is 1.76 bits per heavy atom. The van der Waals surface area contributed by atoms with Crippen molar-refractivity contribution in [2.75, 3.05) is 11.9 Å². The predicted octanol–water partition coefficient (Wildman–Crippen LogP) is 2.41. The van der Waals surface area contributed by atoms with Gasteiger partial charge in [-0.25, -0.2) is 8.78 Å². The van der Waals surface area contributed by atoms with Crippen molar-refractivity contribution in [3.05, 3.63) is 42.5 Å². The lowest BCUT2D eigenvalue weighted by atomic mass is 9.82. The largest absolute Gasteiger partial charge is 0.388 e. The standard InChI is InChI=1S/C18H22F2N2O3/c1-2-15(23)22-14-5-3-13(4-6-14)11-16(24)21-12-17(25)7-9-18(19,20)10-8-17/h2-6,25H,1,7-12H2,(H,21,24)(H,22,23). The molecule has 1 aliphatic rings. The van der Waals surface area contributed by atoms with Crippen LogP contribution in [-0.2, 0) is 16.0 Å². The molecule has 0 heterocycles. The molecule has 0 radical (unpaired) electrons. The molecule has 1 aromatic carbocycles. The molecule has 2 rings (SSSR count). The lowest BCUT2D eigenvalue weighted by molar-refractivity contribution is -0.125. The van der Waals surface area contributed by atoms with Gasteiger partial charge in [0.05, 0.1) is 12.0 Å². The molecule has 0 aromatic heterocycles. The van der Waals surface area contributed by atoms with E-state index >= 15 is 0 Å². The third-order valence-electron chi connectivity index (χ3n) is 4.30. The summed E-state index contributed by atoms with van der Waals surface area (Å²) in [6, 6.07) is 6.74. The van der Waals surface area contributed by atoms with Gasteiger partial charge in [0.25, 0.3) is 0 Å². The van der Waals surface area contributed by atoms with E-state index in [1.807, 2.05) is 0 Å². The first kappa shape index (κ1) is 19.1. The number of carbonyl (C=O) groups is 2. The van der Waals surface area contributed by atoms with E-state index in [0.29, 0.717) is 5.69 Å². The number of amides is 2. The maximum atomic E-state index is 13.1. The molecule has 2 amide bonds. The van der Waals surface area contributed by atoms with Gasteiger partial charge >= 0.3 is 0 Å². The van der Waals surface area contributed by atoms with Gasteiger partial charge in [0.1, 0.15) is 0 Å². The molecule has 0 spiro atoms. The summed E-state index contributed by atoms with van der Waals surface area (Å²) in [6.45, 7) is 3.33. The smallest absolute Gasteiger partial charge is 0.248 e. The zero-order chi connectivity index (χ0) is 18.5. The zero-order valence-corrected chi connectivity index (χ0v) is 13.9. The topological polar surface area (TPSA) is 78.4 Å². The molecule has 0 atom stereocenters.